The number of amides is 1. The van der Waals surface area contributed by atoms with Gasteiger partial charge in [0.05, 0.1) is 5.69 Å². The van der Waals surface area contributed by atoms with Crippen molar-refractivity contribution < 1.29 is 9.90 Å². The highest BCUT2D eigenvalue weighted by Crippen LogP contribution is 2.42. The molecule has 1 amide bonds. The summed E-state index contributed by atoms with van der Waals surface area (Å²) < 4.78 is 0. The van der Waals surface area contributed by atoms with Crippen LogP contribution < -0.4 is 5.43 Å². The second kappa shape index (κ2) is 8.97. The van der Waals surface area contributed by atoms with Gasteiger partial charge in [0, 0.05) is 41.5 Å². The zero-order chi connectivity index (χ0) is 22.0. The number of benzene rings is 2. The number of carbonyl (C=O) groups is 1. The largest absolute Gasteiger partial charge is 0.508 e. The Morgan fingerprint density at radius 3 is 2.61 bits per heavy atom. The Morgan fingerprint density at radius 2 is 1.90 bits per heavy atom. The number of nitrogens with zero attached hydrogens (tertiary/aromatic N) is 4. The van der Waals surface area contributed by atoms with Gasteiger partial charge in [-0.2, -0.15) is 5.53 Å². The van der Waals surface area contributed by atoms with E-state index in [1.807, 2.05) is 36.9 Å². The van der Waals surface area contributed by atoms with Crippen LogP contribution in [0.2, 0.25) is 0 Å². The molecule has 1 atom stereocenters. The first-order valence-electron chi connectivity index (χ1n) is 10.3. The number of aromatic hydroxyl groups is 1. The van der Waals surface area contributed by atoms with Gasteiger partial charge in [-0.25, -0.2) is 4.99 Å². The number of nitrogens with one attached hydrogen (secondary N) is 2. The average Bonchev–Trinajstić information content (AvgIpc) is 2.93. The van der Waals surface area contributed by atoms with E-state index in [1.54, 1.807) is 23.9 Å². The van der Waals surface area contributed by atoms with Gasteiger partial charge in [-0.05, 0) is 30.2 Å². The summed E-state index contributed by atoms with van der Waals surface area (Å²) in [6, 6.07) is 12.9. The lowest BCUT2D eigenvalue weighted by Crippen LogP contribution is -2.55. The molecule has 31 heavy (non-hydrogen) atoms. The van der Waals surface area contributed by atoms with Gasteiger partial charge in [0.15, 0.2) is 0 Å². The molecule has 0 saturated carbocycles. The monoisotopic (exact) mass is 438 g/mol. The molecule has 2 heterocycles. The van der Waals surface area contributed by atoms with Crippen molar-refractivity contribution >= 4 is 29.2 Å². The van der Waals surface area contributed by atoms with E-state index >= 15 is 0 Å². The first kappa shape index (κ1) is 21.2. The van der Waals surface area contributed by atoms with Crippen LogP contribution in [0.4, 0.5) is 5.69 Å². The van der Waals surface area contributed by atoms with Crippen LogP contribution in [-0.2, 0) is 4.79 Å². The van der Waals surface area contributed by atoms with Crippen LogP contribution in [0.3, 0.4) is 0 Å². The van der Waals surface area contributed by atoms with Gasteiger partial charge in [0.25, 0.3) is 0 Å². The minimum Gasteiger partial charge on any atom is -0.508 e. The molecule has 3 N–H and O–H groups in total. The summed E-state index contributed by atoms with van der Waals surface area (Å²) >= 11 is 1.60. The van der Waals surface area contributed by atoms with E-state index in [1.165, 1.54) is 0 Å². The Hall–Kier alpha value is -3.07. The van der Waals surface area contributed by atoms with E-state index in [4.69, 9.17) is 10.5 Å². The lowest BCUT2D eigenvalue weighted by Gasteiger charge is -2.38. The minimum absolute atomic E-state index is 0.0229. The fourth-order valence-corrected chi connectivity index (χ4v) is 4.90. The molecule has 2 aliphatic heterocycles. The minimum atomic E-state index is -0.490. The predicted molar refractivity (Wildman–Crippen MR) is 120 cm³/mol. The number of aliphatic imine (C=N–C) groups is 1. The maximum Gasteiger partial charge on any atom is 0.247 e. The number of piperazine rings is 1. The standard InChI is InChI=1S/C22H26N6O2S/c1-14(2)20(25-26-23)22(30)28-11-9-27(10-12-28)21-16-5-3-4-6-18(16)31-19-13-15(29)7-8-17(19)24-21/h3-8,13-14,20,29H,9-12H2,1-2H3,(H2,23,25). The van der Waals surface area contributed by atoms with Gasteiger partial charge >= 0.3 is 0 Å². The molecule has 162 valence electrons. The molecule has 0 spiro atoms. The van der Waals surface area contributed by atoms with E-state index < -0.39 is 6.04 Å². The summed E-state index contributed by atoms with van der Waals surface area (Å²) in [6.07, 6.45) is 0. The number of phenolic OH excluding ortho intramolecular Hbond substituents is 1. The van der Waals surface area contributed by atoms with Crippen molar-refractivity contribution in [1.29, 1.82) is 5.53 Å². The van der Waals surface area contributed by atoms with E-state index in [0.717, 1.165) is 26.9 Å². The van der Waals surface area contributed by atoms with E-state index in [0.29, 0.717) is 26.2 Å². The zero-order valence-electron chi connectivity index (χ0n) is 17.6. The highest BCUT2D eigenvalue weighted by atomic mass is 32.2. The van der Waals surface area contributed by atoms with Crippen molar-refractivity contribution in [3.05, 3.63) is 48.0 Å². The Kier molecular flexibility index (Phi) is 6.13. The van der Waals surface area contributed by atoms with E-state index in [2.05, 4.69) is 27.7 Å². The third kappa shape index (κ3) is 4.36. The molecule has 0 radical (unpaired) electrons. The maximum atomic E-state index is 12.9. The molecular formula is C22H26N6O2S. The average molecular weight is 439 g/mol. The molecule has 9 heteroatoms. The number of phenols is 1. The molecule has 8 nitrogen and oxygen atoms in total. The third-order valence-corrected chi connectivity index (χ3v) is 6.67. The third-order valence-electron chi connectivity index (χ3n) is 5.54. The zero-order valence-corrected chi connectivity index (χ0v) is 18.4. The molecule has 4 rings (SSSR count). The topological polar surface area (TPSA) is 104 Å². The molecule has 1 unspecified atom stereocenters. The van der Waals surface area contributed by atoms with E-state index in [-0.39, 0.29) is 17.6 Å². The normalized spacial score (nSPS) is 16.7. The first-order chi connectivity index (χ1) is 15.0. The molecule has 1 saturated heterocycles. The van der Waals surface area contributed by atoms with Crippen molar-refractivity contribution in [2.45, 2.75) is 29.7 Å². The molecule has 2 aliphatic rings. The second-order valence-corrected chi connectivity index (χ2v) is 9.04. The summed E-state index contributed by atoms with van der Waals surface area (Å²) in [7, 11) is 0. The number of amidine groups is 1. The number of fused-ring (bicyclic) bond motifs is 2. The number of hydrogen-bond acceptors (Lipinski definition) is 7. The van der Waals surface area contributed by atoms with Crippen LogP contribution in [0.5, 0.6) is 5.75 Å². The van der Waals surface area contributed by atoms with Crippen molar-refractivity contribution in [2.75, 3.05) is 26.2 Å². The molecule has 2 aromatic carbocycles. The summed E-state index contributed by atoms with van der Waals surface area (Å²) in [4.78, 5) is 23.9. The molecule has 1 fully saturated rings. The highest BCUT2D eigenvalue weighted by Gasteiger charge is 2.31. The fourth-order valence-electron chi connectivity index (χ4n) is 3.85. The number of hydrogen-bond donors (Lipinski definition) is 3. The molecular weight excluding hydrogens is 412 g/mol. The molecule has 0 bridgehead atoms. The van der Waals surface area contributed by atoms with Gasteiger partial charge in [-0.15, -0.1) is 0 Å². The van der Waals surface area contributed by atoms with Crippen LogP contribution >= 0.6 is 11.8 Å². The lowest BCUT2D eigenvalue weighted by atomic mass is 10.0. The van der Waals surface area contributed by atoms with Gasteiger partial charge in [0.2, 0.25) is 5.91 Å². The molecule has 2 aromatic rings. The molecule has 0 aliphatic carbocycles. The van der Waals surface area contributed by atoms with Gasteiger partial charge < -0.3 is 14.9 Å². The Labute approximate surface area is 185 Å². The second-order valence-electron chi connectivity index (χ2n) is 7.96. The highest BCUT2D eigenvalue weighted by molar-refractivity contribution is 7.99. The summed E-state index contributed by atoms with van der Waals surface area (Å²) in [6.45, 7) is 6.39. The first-order valence-corrected chi connectivity index (χ1v) is 11.1. The van der Waals surface area contributed by atoms with Gasteiger partial charge in [0.1, 0.15) is 17.6 Å². The summed E-state index contributed by atoms with van der Waals surface area (Å²) in [5.74, 6) is 1.13. The van der Waals surface area contributed by atoms with Crippen molar-refractivity contribution in [3.63, 3.8) is 0 Å². The van der Waals surface area contributed by atoms with Crippen LogP contribution in [-0.4, -0.2) is 58.9 Å². The van der Waals surface area contributed by atoms with E-state index in [9.17, 15) is 9.90 Å². The SMILES string of the molecule is CC(C)C(NN=N)C(=O)N1CCN(C2=Nc3ccc(O)cc3Sc3ccccc32)CC1. The Morgan fingerprint density at radius 1 is 1.16 bits per heavy atom. The van der Waals surface area contributed by atoms with Crippen LogP contribution in [0.25, 0.3) is 0 Å². The molecule has 0 aromatic heterocycles. The van der Waals surface area contributed by atoms with Crippen LogP contribution in [0.1, 0.15) is 19.4 Å². The summed E-state index contributed by atoms with van der Waals surface area (Å²) in [5, 5.41) is 13.1. The van der Waals surface area contributed by atoms with Crippen molar-refractivity contribution in [2.24, 2.45) is 16.1 Å². The van der Waals surface area contributed by atoms with Gasteiger partial charge in [-0.1, -0.05) is 49.0 Å². The van der Waals surface area contributed by atoms with Gasteiger partial charge in [-0.3, -0.25) is 10.2 Å². The van der Waals surface area contributed by atoms with Crippen molar-refractivity contribution in [1.82, 2.24) is 15.2 Å². The Bertz CT molecular complexity index is 1020. The van der Waals surface area contributed by atoms with Crippen molar-refractivity contribution in [3.8, 4) is 5.75 Å². The summed E-state index contributed by atoms with van der Waals surface area (Å²) in [5.41, 5.74) is 11.6. The predicted octanol–water partition coefficient (Wildman–Crippen LogP) is 3.64. The number of rotatable bonds is 4. The Balaban J connectivity index is 1.58. The van der Waals surface area contributed by atoms with Crippen LogP contribution in [0, 0.1) is 11.4 Å². The number of carbonyl (C=O) groups excluding carboxylic acids is 1. The smallest absolute Gasteiger partial charge is 0.247 e. The lowest BCUT2D eigenvalue weighted by molar-refractivity contribution is -0.135. The quantitative estimate of drug-likeness (QED) is 0.499. The maximum absolute atomic E-state index is 12.9. The van der Waals surface area contributed by atoms with Crippen LogP contribution in [0.15, 0.2) is 62.5 Å². The fraction of sp³-hybridized carbons (Fsp3) is 0.364.